The second-order valence-corrected chi connectivity index (χ2v) is 21.9. The molecule has 11 atom stereocenters. The molecule has 2 heterocycles. The molecule has 27 heteroatoms. The van der Waals surface area contributed by atoms with E-state index in [-0.39, 0.29) is 56.3 Å². The van der Waals surface area contributed by atoms with Crippen molar-refractivity contribution in [3.8, 4) is 0 Å². The fourth-order valence-corrected chi connectivity index (χ4v) is 8.68. The summed E-state index contributed by atoms with van der Waals surface area (Å²) < 4.78 is 0. The molecule has 0 spiro atoms. The standard InChI is InChI=1S/C52H88N14O12S/c1-10-30(7)42(54)50(75)63-37(20-28(3)4)47(72)61-36(17-19-79-9)46(71)60-35(15-16-41(67)68)45(70)62-39(23-33-25-56-27-58-33)49(74)66-43(31(8)11-2)51(76)64-38(22-32-24-55-26-57-32)48(73)59-34(14-12-13-18-53)44(69)65-40(52(77)78)21-29(5)6/h24-31,34-40,42-43H,10-23,53-54H2,1-9H3,(H,55,57)(H,56,58)(H,59,73)(H,60,71)(H,61,72)(H,62,70)(H,63,75)(H,64,76)(H,65,69)(H,66,74)(H,67,68)(H,77,78)/t30-,31-,34-,35-,36-,37-,38-,39-,40-,42-,43-/m0/s1. The number of amides is 8. The Kier molecular flexibility index (Phi) is 31.0. The molecule has 2 aromatic rings. The van der Waals surface area contributed by atoms with Crippen LogP contribution in [0, 0.1) is 23.7 Å². The average molecular weight is 1130 g/mol. The number of nitrogens with one attached hydrogen (secondary N) is 10. The quantitative estimate of drug-likeness (QED) is 0.0396. The van der Waals surface area contributed by atoms with Crippen molar-refractivity contribution in [3.05, 3.63) is 36.4 Å². The molecule has 0 unspecified atom stereocenters. The largest absolute Gasteiger partial charge is 0.481 e. The minimum Gasteiger partial charge on any atom is -0.481 e. The molecule has 0 aliphatic carbocycles. The van der Waals surface area contributed by atoms with Crippen molar-refractivity contribution in [3.63, 3.8) is 0 Å². The van der Waals surface area contributed by atoms with E-state index >= 15 is 0 Å². The van der Waals surface area contributed by atoms with Crippen LogP contribution in [0.5, 0.6) is 0 Å². The number of rotatable bonds is 39. The number of aromatic amines is 2. The Hall–Kier alpha value is -6.61. The SMILES string of the molecule is CC[C@H](C)[C@H](N)C(=O)N[C@@H](CC(C)C)C(=O)N[C@@H](CCSC)C(=O)N[C@@H](CCC(=O)O)C(=O)N[C@@H](Cc1cnc[nH]1)C(=O)N[C@H](C(=O)N[C@@H](Cc1cnc[nH]1)C(=O)N[C@@H](CCCCN)C(=O)N[C@@H](CC(C)C)C(=O)O)[C@@H](C)CC. The number of unbranched alkanes of at least 4 members (excludes halogenated alkanes) is 1. The van der Waals surface area contributed by atoms with Crippen molar-refractivity contribution >= 4 is 71.0 Å². The number of H-pyrrole nitrogens is 2. The van der Waals surface area contributed by atoms with E-state index in [9.17, 15) is 58.2 Å². The first-order valence-electron chi connectivity index (χ1n) is 27.1. The van der Waals surface area contributed by atoms with E-state index in [0.29, 0.717) is 49.4 Å². The highest BCUT2D eigenvalue weighted by Crippen LogP contribution is 2.15. The lowest BCUT2D eigenvalue weighted by Crippen LogP contribution is -2.61. The number of hydrogen-bond acceptors (Lipinski definition) is 15. The van der Waals surface area contributed by atoms with Crippen molar-refractivity contribution in [2.75, 3.05) is 18.6 Å². The van der Waals surface area contributed by atoms with Crippen molar-refractivity contribution in [2.45, 2.75) is 187 Å². The molecule has 0 aliphatic rings. The zero-order chi connectivity index (χ0) is 59.4. The van der Waals surface area contributed by atoms with Gasteiger partial charge in [-0.25, -0.2) is 14.8 Å². The van der Waals surface area contributed by atoms with Gasteiger partial charge in [0.25, 0.3) is 0 Å². The highest BCUT2D eigenvalue weighted by molar-refractivity contribution is 7.98. The van der Waals surface area contributed by atoms with Crippen LogP contribution in [0.3, 0.4) is 0 Å². The third kappa shape index (κ3) is 24.9. The van der Waals surface area contributed by atoms with Gasteiger partial charge in [-0.05, 0) is 87.2 Å². The molecular weight excluding hydrogens is 1040 g/mol. The normalized spacial score (nSPS) is 15.6. The van der Waals surface area contributed by atoms with Crippen LogP contribution in [-0.2, 0) is 60.8 Å². The topological polar surface area (TPSA) is 417 Å². The summed E-state index contributed by atoms with van der Waals surface area (Å²) in [5, 5.41) is 40.8. The first kappa shape index (κ1) is 68.5. The molecule has 0 fully saturated rings. The van der Waals surface area contributed by atoms with Gasteiger partial charge in [0.05, 0.1) is 18.7 Å². The van der Waals surface area contributed by atoms with Crippen LogP contribution in [0.2, 0.25) is 0 Å². The molecule has 16 N–H and O–H groups in total. The smallest absolute Gasteiger partial charge is 0.326 e. The minimum absolute atomic E-state index is 0.0655. The van der Waals surface area contributed by atoms with Gasteiger partial charge in [-0.15, -0.1) is 0 Å². The van der Waals surface area contributed by atoms with Crippen LogP contribution in [-0.4, -0.2) is 162 Å². The van der Waals surface area contributed by atoms with Gasteiger partial charge in [-0.1, -0.05) is 68.2 Å². The van der Waals surface area contributed by atoms with Crippen LogP contribution >= 0.6 is 11.8 Å². The van der Waals surface area contributed by atoms with Gasteiger partial charge in [0, 0.05) is 43.0 Å². The average Bonchev–Trinajstić information content (AvgIpc) is 4.13. The summed E-state index contributed by atoms with van der Waals surface area (Å²) in [6, 6.07) is -11.5. The molecule has 2 aromatic heterocycles. The molecule has 0 saturated carbocycles. The van der Waals surface area contributed by atoms with E-state index in [1.54, 1.807) is 34.0 Å². The number of carboxylic acids is 2. The highest BCUT2D eigenvalue weighted by atomic mass is 32.2. The Morgan fingerprint density at radius 2 is 0.962 bits per heavy atom. The predicted octanol–water partition coefficient (Wildman–Crippen LogP) is 0.140. The van der Waals surface area contributed by atoms with Crippen molar-refractivity contribution < 1.29 is 58.2 Å². The van der Waals surface area contributed by atoms with Crippen molar-refractivity contribution in [1.29, 1.82) is 0 Å². The number of carbonyl (C=O) groups excluding carboxylic acids is 8. The van der Waals surface area contributed by atoms with Gasteiger partial charge < -0.3 is 74.2 Å². The van der Waals surface area contributed by atoms with E-state index < -0.39 is 132 Å². The number of aromatic nitrogens is 4. The summed E-state index contributed by atoms with van der Waals surface area (Å²) in [6.07, 6.45) is 8.21. The fourth-order valence-electron chi connectivity index (χ4n) is 8.21. The van der Waals surface area contributed by atoms with Crippen LogP contribution in [0.1, 0.15) is 131 Å². The molecule has 26 nitrogen and oxygen atoms in total. The van der Waals surface area contributed by atoms with E-state index in [0.717, 1.165) is 0 Å². The number of hydrogen-bond donors (Lipinski definition) is 14. The minimum atomic E-state index is -1.57. The lowest BCUT2D eigenvalue weighted by Gasteiger charge is -2.30. The monoisotopic (exact) mass is 1130 g/mol. The molecule has 0 bridgehead atoms. The Bertz CT molecular complexity index is 2250. The Morgan fingerprint density at radius 3 is 1.41 bits per heavy atom. The predicted molar refractivity (Wildman–Crippen MR) is 296 cm³/mol. The van der Waals surface area contributed by atoms with Crippen molar-refractivity contribution in [2.24, 2.45) is 35.1 Å². The number of carbonyl (C=O) groups is 10. The van der Waals surface area contributed by atoms with E-state index in [4.69, 9.17) is 11.5 Å². The maximum Gasteiger partial charge on any atom is 0.326 e. The molecule has 0 aromatic carbocycles. The number of carboxylic acid groups (broad SMARTS) is 2. The molecule has 2 rings (SSSR count). The van der Waals surface area contributed by atoms with E-state index in [1.807, 2.05) is 27.7 Å². The van der Waals surface area contributed by atoms with E-state index in [2.05, 4.69) is 62.5 Å². The van der Waals surface area contributed by atoms with Gasteiger partial charge in [-0.2, -0.15) is 11.8 Å². The maximum atomic E-state index is 14.5. The number of nitrogens with zero attached hydrogens (tertiary/aromatic N) is 2. The van der Waals surface area contributed by atoms with Gasteiger partial charge in [0.15, 0.2) is 0 Å². The van der Waals surface area contributed by atoms with Gasteiger partial charge >= 0.3 is 11.9 Å². The summed E-state index contributed by atoms with van der Waals surface area (Å²) >= 11 is 1.38. The fraction of sp³-hybridized carbons (Fsp3) is 0.692. The first-order chi connectivity index (χ1) is 37.3. The van der Waals surface area contributed by atoms with E-state index in [1.165, 1.54) is 36.8 Å². The van der Waals surface area contributed by atoms with Crippen LogP contribution < -0.4 is 54.0 Å². The van der Waals surface area contributed by atoms with Gasteiger partial charge in [0.2, 0.25) is 47.3 Å². The Labute approximate surface area is 467 Å². The Morgan fingerprint density at radius 1 is 0.544 bits per heavy atom. The highest BCUT2D eigenvalue weighted by Gasteiger charge is 2.37. The maximum absolute atomic E-state index is 14.5. The lowest BCUT2D eigenvalue weighted by atomic mass is 9.96. The molecule has 0 saturated heterocycles. The number of thioether (sulfide) groups is 1. The third-order valence-corrected chi connectivity index (χ3v) is 14.0. The summed E-state index contributed by atoms with van der Waals surface area (Å²) in [5.41, 5.74) is 12.7. The first-order valence-corrected chi connectivity index (χ1v) is 28.5. The summed E-state index contributed by atoms with van der Waals surface area (Å²) in [5.74, 6) is -9.40. The molecule has 79 heavy (non-hydrogen) atoms. The number of nitrogens with two attached hydrogens (primary N) is 2. The second kappa shape index (κ2) is 35.8. The van der Waals surface area contributed by atoms with Crippen LogP contribution in [0.15, 0.2) is 25.0 Å². The molecule has 8 amide bonds. The number of imidazole rings is 2. The molecule has 444 valence electrons. The second-order valence-electron chi connectivity index (χ2n) is 20.9. The Balaban J connectivity index is 2.51. The van der Waals surface area contributed by atoms with Crippen LogP contribution in [0.25, 0.3) is 0 Å². The molecule has 0 aliphatic heterocycles. The summed E-state index contributed by atoms with van der Waals surface area (Å²) in [4.78, 5) is 150. The summed E-state index contributed by atoms with van der Waals surface area (Å²) in [7, 11) is 0. The summed E-state index contributed by atoms with van der Waals surface area (Å²) in [6.45, 7) is 14.7. The third-order valence-electron chi connectivity index (χ3n) is 13.3. The van der Waals surface area contributed by atoms with Crippen molar-refractivity contribution in [1.82, 2.24) is 62.5 Å². The van der Waals surface area contributed by atoms with Crippen LogP contribution in [0.4, 0.5) is 0 Å². The lowest BCUT2D eigenvalue weighted by molar-refractivity contribution is -0.143. The number of aliphatic carboxylic acids is 2. The molecule has 0 radical (unpaired) electrons. The van der Waals surface area contributed by atoms with Gasteiger partial charge in [-0.3, -0.25) is 43.2 Å². The zero-order valence-electron chi connectivity index (χ0n) is 47.1. The van der Waals surface area contributed by atoms with Gasteiger partial charge in [0.1, 0.15) is 48.3 Å². The molecular formula is C52H88N14O12S. The zero-order valence-corrected chi connectivity index (χ0v) is 48.0.